The number of nitrogens with zero attached hydrogens (tertiary/aromatic N) is 2. The molecule has 2 rings (SSSR count). The summed E-state index contributed by atoms with van der Waals surface area (Å²) in [5.74, 6) is 0.794. The molecule has 4 heteroatoms. The zero-order chi connectivity index (χ0) is 11.8. The Morgan fingerprint density at radius 2 is 2.38 bits per heavy atom. The molecule has 1 fully saturated rings. The van der Waals surface area contributed by atoms with E-state index in [1.807, 2.05) is 6.33 Å². The summed E-state index contributed by atoms with van der Waals surface area (Å²) in [6.45, 7) is 5.63. The largest absolute Gasteiger partial charge is 0.337 e. The minimum atomic E-state index is 0.794. The zero-order valence-corrected chi connectivity index (χ0v) is 10.4. The lowest BCUT2D eigenvalue weighted by molar-refractivity contribution is 0.337. The number of nitrogens with one attached hydrogen (secondary N) is 1. The minimum Gasteiger partial charge on any atom is -0.337 e. The van der Waals surface area contributed by atoms with Gasteiger partial charge in [0.25, 0.3) is 0 Å². The molecule has 2 heterocycles. The molecule has 0 saturated carbocycles. The highest BCUT2D eigenvalue weighted by Crippen LogP contribution is 2.12. The molecule has 0 aliphatic carbocycles. The predicted molar refractivity (Wildman–Crippen MR) is 67.3 cm³/mol. The monoisotopic (exact) mass is 224 g/mol. The van der Waals surface area contributed by atoms with E-state index >= 15 is 0 Å². The lowest BCUT2D eigenvalue weighted by Crippen LogP contribution is -2.31. The number of hydrogen-bond donors (Lipinski definition) is 2. The van der Waals surface area contributed by atoms with Crippen LogP contribution in [0.2, 0.25) is 0 Å². The van der Waals surface area contributed by atoms with Gasteiger partial charge >= 0.3 is 0 Å². The highest BCUT2D eigenvalue weighted by Gasteiger charge is 2.13. The molecule has 0 spiro atoms. The van der Waals surface area contributed by atoms with E-state index in [9.17, 15) is 0 Å². The second kappa shape index (κ2) is 7.41. The van der Waals surface area contributed by atoms with Crippen LogP contribution in [0.1, 0.15) is 25.5 Å². The summed E-state index contributed by atoms with van der Waals surface area (Å²) in [7, 11) is 1.50. The maximum atomic E-state index is 4.50. The van der Waals surface area contributed by atoms with Gasteiger partial charge in [-0.3, -0.25) is 0 Å². The van der Waals surface area contributed by atoms with Crippen LogP contribution in [0.4, 0.5) is 0 Å². The van der Waals surface area contributed by atoms with Crippen molar-refractivity contribution < 1.29 is 0 Å². The van der Waals surface area contributed by atoms with Gasteiger partial charge in [-0.25, -0.2) is 4.98 Å². The minimum absolute atomic E-state index is 0.794. The van der Waals surface area contributed by atoms with E-state index in [2.05, 4.69) is 33.7 Å². The smallest absolute Gasteiger partial charge is 0.0949 e. The van der Waals surface area contributed by atoms with Gasteiger partial charge in [0.15, 0.2) is 0 Å². The van der Waals surface area contributed by atoms with E-state index in [4.69, 9.17) is 0 Å². The topological polar surface area (TPSA) is 55.9 Å². The van der Waals surface area contributed by atoms with Gasteiger partial charge in [0, 0.05) is 12.7 Å². The molecule has 0 radical (unpaired) electrons. The maximum Gasteiger partial charge on any atom is 0.0949 e. The molecule has 1 aliphatic heterocycles. The number of hydrogen-bond acceptors (Lipinski definition) is 3. The number of rotatable bonds is 3. The third kappa shape index (κ3) is 3.94. The molecular formula is C12H24N4. The van der Waals surface area contributed by atoms with Crippen LogP contribution >= 0.6 is 0 Å². The molecule has 1 aromatic heterocycles. The van der Waals surface area contributed by atoms with Crippen molar-refractivity contribution in [2.75, 3.05) is 20.1 Å². The highest BCUT2D eigenvalue weighted by molar-refractivity contribution is 4.96. The van der Waals surface area contributed by atoms with Gasteiger partial charge in [0.2, 0.25) is 0 Å². The maximum absolute atomic E-state index is 4.50. The van der Waals surface area contributed by atoms with Gasteiger partial charge in [0.1, 0.15) is 0 Å². The summed E-state index contributed by atoms with van der Waals surface area (Å²) in [6, 6.07) is 0. The Labute approximate surface area is 98.2 Å². The summed E-state index contributed by atoms with van der Waals surface area (Å²) < 4.78 is 2.23. The van der Waals surface area contributed by atoms with Crippen LogP contribution in [-0.2, 0) is 13.0 Å². The van der Waals surface area contributed by atoms with E-state index < -0.39 is 0 Å². The van der Waals surface area contributed by atoms with Crippen LogP contribution in [0, 0.1) is 5.92 Å². The molecule has 1 aromatic rings. The predicted octanol–water partition coefficient (Wildman–Crippen LogP) is 1.02. The van der Waals surface area contributed by atoms with E-state index in [-0.39, 0.29) is 0 Å². The third-order valence-corrected chi connectivity index (χ3v) is 2.92. The standard InChI is InChI=1S/C11H19N3.CH5N/c1-2-11-8-14(9-13-11)7-10-4-3-5-12-6-10;1-2/h8-10,12H,2-7H2,1H3;2H2,1H3. The lowest BCUT2D eigenvalue weighted by Gasteiger charge is -2.22. The average Bonchev–Trinajstić information content (AvgIpc) is 2.81. The van der Waals surface area contributed by atoms with Crippen LogP contribution in [0.25, 0.3) is 0 Å². The molecule has 1 atom stereocenters. The number of nitrogens with two attached hydrogens (primary N) is 1. The summed E-state index contributed by atoms with van der Waals surface area (Å²) in [5, 5.41) is 3.44. The van der Waals surface area contributed by atoms with E-state index in [1.54, 1.807) is 0 Å². The summed E-state index contributed by atoms with van der Waals surface area (Å²) in [4.78, 5) is 4.34. The first-order chi connectivity index (χ1) is 7.88. The van der Waals surface area contributed by atoms with Crippen molar-refractivity contribution in [3.05, 3.63) is 18.2 Å². The van der Waals surface area contributed by atoms with Crippen LogP contribution < -0.4 is 11.1 Å². The molecule has 4 nitrogen and oxygen atoms in total. The van der Waals surface area contributed by atoms with Gasteiger partial charge in [0.05, 0.1) is 12.0 Å². The van der Waals surface area contributed by atoms with Crippen LogP contribution in [-0.4, -0.2) is 29.7 Å². The van der Waals surface area contributed by atoms with Gasteiger partial charge in [-0.1, -0.05) is 6.92 Å². The molecule has 1 saturated heterocycles. The Hall–Kier alpha value is -0.870. The van der Waals surface area contributed by atoms with Gasteiger partial charge < -0.3 is 15.6 Å². The first kappa shape index (κ1) is 13.2. The molecule has 0 aromatic carbocycles. The SMILES string of the molecule is CCc1cn(CC2CCCNC2)cn1.CN. The lowest BCUT2D eigenvalue weighted by atomic mass is 10.00. The fourth-order valence-corrected chi connectivity index (χ4v) is 2.07. The van der Waals surface area contributed by atoms with Crippen LogP contribution in [0.15, 0.2) is 12.5 Å². The Kier molecular flexibility index (Phi) is 6.11. The first-order valence-electron chi connectivity index (χ1n) is 6.17. The van der Waals surface area contributed by atoms with E-state index in [0.29, 0.717) is 0 Å². The average molecular weight is 224 g/mol. The molecule has 16 heavy (non-hydrogen) atoms. The Morgan fingerprint density at radius 3 is 2.94 bits per heavy atom. The number of aromatic nitrogens is 2. The highest BCUT2D eigenvalue weighted by atomic mass is 15.0. The molecule has 3 N–H and O–H groups in total. The van der Waals surface area contributed by atoms with Gasteiger partial charge in [-0.15, -0.1) is 0 Å². The van der Waals surface area contributed by atoms with Crippen molar-refractivity contribution in [3.8, 4) is 0 Å². The molecule has 0 bridgehead atoms. The van der Waals surface area contributed by atoms with E-state index in [1.165, 1.54) is 38.7 Å². The number of piperidine rings is 1. The molecule has 1 unspecified atom stereocenters. The van der Waals surface area contributed by atoms with E-state index in [0.717, 1.165) is 18.9 Å². The number of imidazole rings is 1. The normalized spacial score (nSPS) is 20.1. The summed E-state index contributed by atoms with van der Waals surface area (Å²) in [5.41, 5.74) is 5.70. The fourth-order valence-electron chi connectivity index (χ4n) is 2.07. The zero-order valence-electron chi connectivity index (χ0n) is 10.4. The van der Waals surface area contributed by atoms with Crippen molar-refractivity contribution in [2.24, 2.45) is 11.7 Å². The summed E-state index contributed by atoms with van der Waals surface area (Å²) >= 11 is 0. The molecule has 1 aliphatic rings. The second-order valence-corrected chi connectivity index (χ2v) is 4.13. The van der Waals surface area contributed by atoms with Gasteiger partial charge in [-0.2, -0.15) is 0 Å². The van der Waals surface area contributed by atoms with Gasteiger partial charge in [-0.05, 0) is 45.3 Å². The van der Waals surface area contributed by atoms with Crippen molar-refractivity contribution in [1.82, 2.24) is 14.9 Å². The molecule has 92 valence electrons. The Morgan fingerprint density at radius 1 is 1.56 bits per heavy atom. The Balaban J connectivity index is 0.000000606. The van der Waals surface area contributed by atoms with Crippen molar-refractivity contribution in [1.29, 1.82) is 0 Å². The quantitative estimate of drug-likeness (QED) is 0.806. The van der Waals surface area contributed by atoms with Crippen molar-refractivity contribution >= 4 is 0 Å². The Bertz CT molecular complexity index is 276. The van der Waals surface area contributed by atoms with Crippen molar-refractivity contribution in [2.45, 2.75) is 32.7 Å². The first-order valence-corrected chi connectivity index (χ1v) is 6.17. The fraction of sp³-hybridized carbons (Fsp3) is 0.750. The summed E-state index contributed by atoms with van der Waals surface area (Å²) in [6.07, 6.45) is 7.85. The third-order valence-electron chi connectivity index (χ3n) is 2.92. The molecule has 0 amide bonds. The molecular weight excluding hydrogens is 200 g/mol. The van der Waals surface area contributed by atoms with Crippen molar-refractivity contribution in [3.63, 3.8) is 0 Å². The second-order valence-electron chi connectivity index (χ2n) is 4.13. The van der Waals surface area contributed by atoms with Crippen LogP contribution in [0.3, 0.4) is 0 Å². The van der Waals surface area contributed by atoms with Crippen LogP contribution in [0.5, 0.6) is 0 Å². The number of aryl methyl sites for hydroxylation is 1.